The van der Waals surface area contributed by atoms with Gasteiger partial charge in [-0.1, -0.05) is 23.8 Å². The molecule has 1 saturated heterocycles. The lowest BCUT2D eigenvalue weighted by Gasteiger charge is -2.26. The van der Waals surface area contributed by atoms with Crippen LogP contribution in [0.4, 0.5) is 0 Å². The third-order valence-corrected chi connectivity index (χ3v) is 4.09. The van der Waals surface area contributed by atoms with Crippen LogP contribution in [-0.4, -0.2) is 37.1 Å². The fraction of sp³-hybridized carbons (Fsp3) is 0.588. The first-order valence-corrected chi connectivity index (χ1v) is 7.67. The molecule has 2 atom stereocenters. The first-order chi connectivity index (χ1) is 10.0. The molecular weight excluding hydrogens is 264 g/mol. The van der Waals surface area contributed by atoms with Gasteiger partial charge in [0.1, 0.15) is 6.17 Å². The van der Waals surface area contributed by atoms with Gasteiger partial charge >= 0.3 is 0 Å². The van der Waals surface area contributed by atoms with Crippen LogP contribution < -0.4 is 5.32 Å². The molecule has 1 aliphatic heterocycles. The zero-order valence-corrected chi connectivity index (χ0v) is 13.5. The van der Waals surface area contributed by atoms with E-state index in [9.17, 15) is 4.79 Å². The first-order valence-electron chi connectivity index (χ1n) is 7.67. The Labute approximate surface area is 127 Å². The van der Waals surface area contributed by atoms with E-state index in [1.165, 1.54) is 16.7 Å². The summed E-state index contributed by atoms with van der Waals surface area (Å²) in [6.07, 6.45) is 1.94. The second kappa shape index (κ2) is 7.05. The van der Waals surface area contributed by atoms with Gasteiger partial charge in [0, 0.05) is 20.3 Å². The van der Waals surface area contributed by atoms with E-state index < -0.39 is 0 Å². The monoisotopic (exact) mass is 290 g/mol. The lowest BCUT2D eigenvalue weighted by Crippen LogP contribution is -2.32. The minimum absolute atomic E-state index is 0.00403. The van der Waals surface area contributed by atoms with Crippen molar-refractivity contribution in [1.29, 1.82) is 0 Å². The Hall–Kier alpha value is -1.39. The van der Waals surface area contributed by atoms with Gasteiger partial charge in [-0.15, -0.1) is 0 Å². The van der Waals surface area contributed by atoms with Crippen LogP contribution in [0.25, 0.3) is 0 Å². The van der Waals surface area contributed by atoms with Crippen LogP contribution in [0.2, 0.25) is 0 Å². The molecule has 4 nitrogen and oxygen atoms in total. The Kier molecular flexibility index (Phi) is 5.37. The summed E-state index contributed by atoms with van der Waals surface area (Å²) >= 11 is 0. The van der Waals surface area contributed by atoms with Crippen molar-refractivity contribution in [2.75, 3.05) is 20.3 Å². The van der Waals surface area contributed by atoms with Gasteiger partial charge in [-0.2, -0.15) is 0 Å². The number of benzene rings is 1. The van der Waals surface area contributed by atoms with Crippen molar-refractivity contribution in [2.45, 2.75) is 45.8 Å². The van der Waals surface area contributed by atoms with Crippen molar-refractivity contribution >= 4 is 5.91 Å². The van der Waals surface area contributed by atoms with E-state index in [0.29, 0.717) is 0 Å². The summed E-state index contributed by atoms with van der Waals surface area (Å²) in [4.78, 5) is 14.3. The molecule has 1 heterocycles. The Morgan fingerprint density at radius 2 is 2.05 bits per heavy atom. The fourth-order valence-electron chi connectivity index (χ4n) is 2.93. The number of ether oxygens (including phenoxy) is 1. The molecule has 1 amide bonds. The van der Waals surface area contributed by atoms with Gasteiger partial charge in [-0.25, -0.2) is 0 Å². The van der Waals surface area contributed by atoms with Gasteiger partial charge in [0.15, 0.2) is 0 Å². The van der Waals surface area contributed by atoms with Crippen molar-refractivity contribution in [1.82, 2.24) is 10.2 Å². The normalized spacial score (nSPS) is 22.1. The van der Waals surface area contributed by atoms with Crippen LogP contribution in [0.1, 0.15) is 42.6 Å². The summed E-state index contributed by atoms with van der Waals surface area (Å²) in [5.74, 6) is 0.192. The predicted octanol–water partition coefficient (Wildman–Crippen LogP) is 2.55. The van der Waals surface area contributed by atoms with Crippen LogP contribution in [0.3, 0.4) is 0 Å². The molecule has 116 valence electrons. The molecule has 1 fully saturated rings. The van der Waals surface area contributed by atoms with Gasteiger partial charge in [0.05, 0.1) is 6.04 Å². The molecule has 0 aliphatic carbocycles. The van der Waals surface area contributed by atoms with E-state index in [1.54, 1.807) is 7.11 Å². The van der Waals surface area contributed by atoms with E-state index in [4.69, 9.17) is 4.74 Å². The molecule has 0 radical (unpaired) electrons. The Bertz CT molecular complexity index is 502. The van der Waals surface area contributed by atoms with Crippen LogP contribution in [-0.2, 0) is 9.53 Å². The number of aryl methyl sites for hydroxylation is 2. The third-order valence-electron chi connectivity index (χ3n) is 4.09. The average Bonchev–Trinajstić information content (AvgIpc) is 2.71. The Balaban J connectivity index is 2.13. The van der Waals surface area contributed by atoms with Crippen molar-refractivity contribution in [2.24, 2.45) is 0 Å². The quantitative estimate of drug-likeness (QED) is 0.819. The molecule has 2 rings (SSSR count). The highest BCUT2D eigenvalue weighted by atomic mass is 16.5. The molecule has 21 heavy (non-hydrogen) atoms. The van der Waals surface area contributed by atoms with Crippen LogP contribution in [0, 0.1) is 13.8 Å². The van der Waals surface area contributed by atoms with Gasteiger partial charge in [0.2, 0.25) is 5.91 Å². The largest absolute Gasteiger partial charge is 0.385 e. The molecule has 0 bridgehead atoms. The van der Waals surface area contributed by atoms with Crippen molar-refractivity contribution < 1.29 is 9.53 Å². The number of carbonyl (C=O) groups is 1. The highest BCUT2D eigenvalue weighted by Crippen LogP contribution is 2.28. The van der Waals surface area contributed by atoms with Gasteiger partial charge < -0.3 is 9.64 Å². The number of methoxy groups -OCH3 is 1. The summed E-state index contributed by atoms with van der Waals surface area (Å²) in [6.45, 7) is 7.67. The summed E-state index contributed by atoms with van der Waals surface area (Å²) in [5, 5.41) is 3.42. The Morgan fingerprint density at radius 3 is 2.71 bits per heavy atom. The SMILES string of the molecule is COCCCCN1C(=O)C(C)NC1c1ccc(C)cc1C. The number of hydrogen-bond donors (Lipinski definition) is 1. The highest BCUT2D eigenvalue weighted by molar-refractivity contribution is 5.84. The summed E-state index contributed by atoms with van der Waals surface area (Å²) in [7, 11) is 1.71. The predicted molar refractivity (Wildman–Crippen MR) is 84.1 cm³/mol. The third kappa shape index (κ3) is 3.63. The lowest BCUT2D eigenvalue weighted by molar-refractivity contribution is -0.129. The maximum absolute atomic E-state index is 12.4. The zero-order chi connectivity index (χ0) is 15.4. The number of carbonyl (C=O) groups excluding carboxylic acids is 1. The van der Waals surface area contributed by atoms with E-state index in [-0.39, 0.29) is 18.1 Å². The van der Waals surface area contributed by atoms with E-state index in [2.05, 4.69) is 37.4 Å². The molecule has 1 aromatic carbocycles. The van der Waals surface area contributed by atoms with Crippen LogP contribution in [0.5, 0.6) is 0 Å². The van der Waals surface area contributed by atoms with Crippen molar-refractivity contribution in [3.05, 3.63) is 34.9 Å². The highest BCUT2D eigenvalue weighted by Gasteiger charge is 2.37. The standard InChI is InChI=1S/C17H26N2O2/c1-12-7-8-15(13(2)11-12)16-18-14(3)17(20)19(16)9-5-6-10-21-4/h7-8,11,14,16,18H,5-6,9-10H2,1-4H3. The van der Waals surface area contributed by atoms with Crippen LogP contribution in [0.15, 0.2) is 18.2 Å². The molecule has 0 spiro atoms. The van der Waals surface area contributed by atoms with Crippen molar-refractivity contribution in [3.63, 3.8) is 0 Å². The molecule has 1 aliphatic rings. The minimum Gasteiger partial charge on any atom is -0.385 e. The average molecular weight is 290 g/mol. The van der Waals surface area contributed by atoms with Gasteiger partial charge in [-0.05, 0) is 44.7 Å². The smallest absolute Gasteiger partial charge is 0.241 e. The number of unbranched alkanes of at least 4 members (excludes halogenated alkanes) is 1. The van der Waals surface area contributed by atoms with Crippen LogP contribution >= 0.6 is 0 Å². The van der Waals surface area contributed by atoms with Gasteiger partial charge in [0.25, 0.3) is 0 Å². The number of rotatable bonds is 6. The van der Waals surface area contributed by atoms with Crippen molar-refractivity contribution in [3.8, 4) is 0 Å². The van der Waals surface area contributed by atoms with E-state index in [1.807, 2.05) is 11.8 Å². The fourth-order valence-corrected chi connectivity index (χ4v) is 2.93. The number of nitrogens with one attached hydrogen (secondary N) is 1. The van der Waals surface area contributed by atoms with E-state index in [0.717, 1.165) is 26.0 Å². The first kappa shape index (κ1) is 16.0. The topological polar surface area (TPSA) is 41.6 Å². The van der Waals surface area contributed by atoms with Gasteiger partial charge in [-0.3, -0.25) is 10.1 Å². The number of nitrogens with zero attached hydrogens (tertiary/aromatic N) is 1. The van der Waals surface area contributed by atoms with E-state index >= 15 is 0 Å². The molecule has 0 saturated carbocycles. The minimum atomic E-state index is -0.113. The maximum atomic E-state index is 12.4. The maximum Gasteiger partial charge on any atom is 0.241 e. The number of amides is 1. The number of hydrogen-bond acceptors (Lipinski definition) is 3. The molecule has 0 aromatic heterocycles. The molecule has 4 heteroatoms. The summed E-state index contributed by atoms with van der Waals surface area (Å²) < 4.78 is 5.08. The summed E-state index contributed by atoms with van der Waals surface area (Å²) in [5.41, 5.74) is 3.68. The molecule has 2 unspecified atom stereocenters. The summed E-state index contributed by atoms with van der Waals surface area (Å²) in [6, 6.07) is 6.31. The second-order valence-electron chi connectivity index (χ2n) is 5.88. The molecular formula is C17H26N2O2. The Morgan fingerprint density at radius 1 is 1.29 bits per heavy atom. The zero-order valence-electron chi connectivity index (χ0n) is 13.5. The lowest BCUT2D eigenvalue weighted by atomic mass is 10.0. The molecule has 1 aromatic rings. The second-order valence-corrected chi connectivity index (χ2v) is 5.88. The molecule has 1 N–H and O–H groups in total.